The molecule has 0 bridgehead atoms. The van der Waals surface area contributed by atoms with Crippen LogP contribution in [0.25, 0.3) is 0 Å². The van der Waals surface area contributed by atoms with Crippen molar-refractivity contribution >= 4 is 69.7 Å². The van der Waals surface area contributed by atoms with Gasteiger partial charge in [0.05, 0.1) is 20.1 Å². The molecule has 0 amide bonds. The molecule has 2 heterocycles. The lowest BCUT2D eigenvalue weighted by Crippen LogP contribution is -2.18. The van der Waals surface area contributed by atoms with Crippen LogP contribution in [0.2, 0.25) is 20.1 Å². The molecule has 0 fully saturated rings. The SMILES string of the molecule is Cn1nc(Oc2nc(Nc3ccc(Cl)c(Cl)c3)nc(Nc3ccc(Cl)c(Cl)c3)n2)ccc1=O. The van der Waals surface area contributed by atoms with Gasteiger partial charge in [-0.2, -0.15) is 15.0 Å². The summed E-state index contributed by atoms with van der Waals surface area (Å²) in [4.78, 5) is 24.4. The number of aryl methyl sites for hydroxylation is 1. The van der Waals surface area contributed by atoms with Crippen LogP contribution >= 0.6 is 46.4 Å². The lowest BCUT2D eigenvalue weighted by Gasteiger charge is -2.11. The van der Waals surface area contributed by atoms with Crippen LogP contribution in [0.3, 0.4) is 0 Å². The van der Waals surface area contributed by atoms with Crippen molar-refractivity contribution in [2.45, 2.75) is 0 Å². The molecule has 2 aromatic heterocycles. The van der Waals surface area contributed by atoms with E-state index in [-0.39, 0.29) is 29.3 Å². The third-order valence-electron chi connectivity index (χ3n) is 4.10. The zero-order chi connectivity index (χ0) is 23.5. The standard InChI is InChI=1S/C20H13Cl4N7O2/c1-31-17(32)7-6-16(30-31)33-20-28-18(25-10-2-4-12(21)14(23)8-10)27-19(29-20)26-11-3-5-13(22)15(24)9-11/h2-9H,1H3,(H2,25,26,27,28,29). The van der Waals surface area contributed by atoms with E-state index in [1.807, 2.05) is 0 Å². The summed E-state index contributed by atoms with van der Waals surface area (Å²) in [5.74, 6) is 0.404. The monoisotopic (exact) mass is 523 g/mol. The minimum absolute atomic E-state index is 0.0822. The highest BCUT2D eigenvalue weighted by atomic mass is 35.5. The first-order valence-electron chi connectivity index (χ1n) is 9.19. The average Bonchev–Trinajstić information content (AvgIpc) is 2.76. The van der Waals surface area contributed by atoms with Gasteiger partial charge in [0.2, 0.25) is 17.8 Å². The van der Waals surface area contributed by atoms with Crippen LogP contribution in [0.1, 0.15) is 0 Å². The molecular weight excluding hydrogens is 512 g/mol. The molecule has 168 valence electrons. The van der Waals surface area contributed by atoms with E-state index in [2.05, 4.69) is 30.7 Å². The zero-order valence-corrected chi connectivity index (χ0v) is 19.7. The van der Waals surface area contributed by atoms with Crippen molar-refractivity contribution in [3.05, 3.63) is 79.0 Å². The van der Waals surface area contributed by atoms with E-state index in [9.17, 15) is 4.79 Å². The van der Waals surface area contributed by atoms with Crippen LogP contribution in [-0.2, 0) is 7.05 Å². The number of aromatic nitrogens is 5. The molecule has 0 atom stereocenters. The minimum atomic E-state index is -0.290. The number of nitrogens with zero attached hydrogens (tertiary/aromatic N) is 5. The average molecular weight is 525 g/mol. The molecule has 0 radical (unpaired) electrons. The second kappa shape index (κ2) is 9.80. The molecule has 4 aromatic rings. The lowest BCUT2D eigenvalue weighted by molar-refractivity contribution is 0.407. The Morgan fingerprint density at radius 3 is 1.79 bits per heavy atom. The van der Waals surface area contributed by atoms with E-state index >= 15 is 0 Å². The maximum atomic E-state index is 11.6. The number of halogens is 4. The molecule has 0 aliphatic carbocycles. The molecule has 0 aliphatic rings. The Bertz CT molecular complexity index is 1330. The number of rotatable bonds is 6. The predicted octanol–water partition coefficient (Wildman–Crippen LogP) is 5.86. The molecule has 0 spiro atoms. The van der Waals surface area contributed by atoms with E-state index in [4.69, 9.17) is 51.1 Å². The number of hydrogen-bond donors (Lipinski definition) is 2. The molecule has 4 rings (SSSR count). The third kappa shape index (κ3) is 5.82. The van der Waals surface area contributed by atoms with Crippen molar-refractivity contribution in [3.8, 4) is 11.9 Å². The van der Waals surface area contributed by atoms with Crippen LogP contribution in [0.15, 0.2) is 53.3 Å². The van der Waals surface area contributed by atoms with Gasteiger partial charge in [-0.25, -0.2) is 4.68 Å². The largest absolute Gasteiger partial charge is 0.403 e. The maximum Gasteiger partial charge on any atom is 0.330 e. The number of anilines is 4. The van der Waals surface area contributed by atoms with Gasteiger partial charge in [-0.15, -0.1) is 5.10 Å². The van der Waals surface area contributed by atoms with Gasteiger partial charge in [-0.05, 0) is 36.4 Å². The summed E-state index contributed by atoms with van der Waals surface area (Å²) in [5.41, 5.74) is 0.881. The highest BCUT2D eigenvalue weighted by Gasteiger charge is 2.12. The summed E-state index contributed by atoms with van der Waals surface area (Å²) in [6.07, 6.45) is 0. The van der Waals surface area contributed by atoms with Gasteiger partial charge in [0.15, 0.2) is 0 Å². The van der Waals surface area contributed by atoms with Crippen LogP contribution in [0, 0.1) is 0 Å². The molecule has 13 heteroatoms. The lowest BCUT2D eigenvalue weighted by atomic mass is 10.3. The van der Waals surface area contributed by atoms with Crippen molar-refractivity contribution in [1.82, 2.24) is 24.7 Å². The van der Waals surface area contributed by atoms with Gasteiger partial charge < -0.3 is 15.4 Å². The fourth-order valence-corrected chi connectivity index (χ4v) is 3.14. The van der Waals surface area contributed by atoms with Gasteiger partial charge in [0.25, 0.3) is 5.56 Å². The summed E-state index contributed by atoms with van der Waals surface area (Å²) >= 11 is 24.1. The summed E-state index contributed by atoms with van der Waals surface area (Å²) in [6, 6.07) is 12.6. The number of nitrogens with one attached hydrogen (secondary N) is 2. The fourth-order valence-electron chi connectivity index (χ4n) is 2.55. The van der Waals surface area contributed by atoms with Crippen molar-refractivity contribution in [2.24, 2.45) is 7.05 Å². The molecule has 9 nitrogen and oxygen atoms in total. The maximum absolute atomic E-state index is 11.6. The second-order valence-electron chi connectivity index (χ2n) is 6.51. The van der Waals surface area contributed by atoms with E-state index < -0.39 is 0 Å². The molecule has 0 unspecified atom stereocenters. The van der Waals surface area contributed by atoms with Gasteiger partial charge in [0, 0.05) is 30.6 Å². The van der Waals surface area contributed by atoms with Gasteiger partial charge in [-0.1, -0.05) is 46.4 Å². The van der Waals surface area contributed by atoms with E-state index in [0.29, 0.717) is 31.5 Å². The molecule has 33 heavy (non-hydrogen) atoms. The smallest absolute Gasteiger partial charge is 0.330 e. The Kier molecular flexibility index (Phi) is 6.85. The highest BCUT2D eigenvalue weighted by molar-refractivity contribution is 6.42. The molecular formula is C20H13Cl4N7O2. The minimum Gasteiger partial charge on any atom is -0.403 e. The van der Waals surface area contributed by atoms with Gasteiger partial charge in [-0.3, -0.25) is 4.79 Å². The van der Waals surface area contributed by atoms with Crippen molar-refractivity contribution in [1.29, 1.82) is 0 Å². The quantitative estimate of drug-likeness (QED) is 0.323. The van der Waals surface area contributed by atoms with Crippen LogP contribution in [0.4, 0.5) is 23.3 Å². The number of hydrogen-bond acceptors (Lipinski definition) is 8. The Morgan fingerprint density at radius 1 is 0.758 bits per heavy atom. The summed E-state index contributed by atoms with van der Waals surface area (Å²) in [5, 5.41) is 11.6. The molecule has 0 aliphatic heterocycles. The van der Waals surface area contributed by atoms with E-state index in [1.54, 1.807) is 36.4 Å². The summed E-state index contributed by atoms with van der Waals surface area (Å²) in [7, 11) is 1.50. The van der Waals surface area contributed by atoms with Crippen LogP contribution in [-0.4, -0.2) is 24.7 Å². The predicted molar refractivity (Wildman–Crippen MR) is 129 cm³/mol. The van der Waals surface area contributed by atoms with Crippen LogP contribution < -0.4 is 20.9 Å². The van der Waals surface area contributed by atoms with Gasteiger partial charge >= 0.3 is 6.01 Å². The first-order chi connectivity index (χ1) is 15.8. The number of benzene rings is 2. The Morgan fingerprint density at radius 2 is 1.30 bits per heavy atom. The molecule has 2 N–H and O–H groups in total. The first-order valence-corrected chi connectivity index (χ1v) is 10.7. The summed E-state index contributed by atoms with van der Waals surface area (Å²) in [6.45, 7) is 0. The highest BCUT2D eigenvalue weighted by Crippen LogP contribution is 2.29. The zero-order valence-electron chi connectivity index (χ0n) is 16.7. The van der Waals surface area contributed by atoms with Crippen LogP contribution in [0.5, 0.6) is 11.9 Å². The van der Waals surface area contributed by atoms with Crippen molar-refractivity contribution in [3.63, 3.8) is 0 Å². The van der Waals surface area contributed by atoms with E-state index in [0.717, 1.165) is 4.68 Å². The van der Waals surface area contributed by atoms with Crippen molar-refractivity contribution < 1.29 is 4.74 Å². The Balaban J connectivity index is 1.69. The van der Waals surface area contributed by atoms with E-state index in [1.165, 1.54) is 19.2 Å². The Labute approximate surface area is 207 Å². The Hall–Kier alpha value is -3.11. The summed E-state index contributed by atoms with van der Waals surface area (Å²) < 4.78 is 6.77. The second-order valence-corrected chi connectivity index (χ2v) is 8.14. The first kappa shape index (κ1) is 23.1. The van der Waals surface area contributed by atoms with Gasteiger partial charge in [0.1, 0.15) is 0 Å². The van der Waals surface area contributed by atoms with Crippen molar-refractivity contribution in [2.75, 3.05) is 10.6 Å². The third-order valence-corrected chi connectivity index (χ3v) is 5.58. The number of ether oxygens (including phenoxy) is 1. The normalized spacial score (nSPS) is 10.7. The molecule has 0 saturated heterocycles. The molecule has 0 saturated carbocycles. The molecule has 2 aromatic carbocycles. The fraction of sp³-hybridized carbons (Fsp3) is 0.0500. The topological polar surface area (TPSA) is 107 Å².